The predicted molar refractivity (Wildman–Crippen MR) is 52.5 cm³/mol. The summed E-state index contributed by atoms with van der Waals surface area (Å²) in [5.74, 6) is -1.75. The topological polar surface area (TPSA) is 0 Å². The van der Waals surface area contributed by atoms with Gasteiger partial charge in [-0.1, -0.05) is 12.1 Å². The first-order valence-electron chi connectivity index (χ1n) is 5.29. The van der Waals surface area contributed by atoms with E-state index in [0.717, 1.165) is 0 Å². The lowest BCUT2D eigenvalue weighted by atomic mass is 9.96. The summed E-state index contributed by atoms with van der Waals surface area (Å²) in [4.78, 5) is 0. The van der Waals surface area contributed by atoms with E-state index < -0.39 is 12.1 Å². The van der Waals surface area contributed by atoms with Crippen LogP contribution in [0.25, 0.3) is 0 Å². The highest BCUT2D eigenvalue weighted by atomic mass is 19.4. The van der Waals surface area contributed by atoms with E-state index in [1.807, 2.05) is 0 Å². The molecule has 1 aromatic carbocycles. The molecule has 0 radical (unpaired) electrons. The van der Waals surface area contributed by atoms with Gasteiger partial charge in [-0.05, 0) is 42.9 Å². The summed E-state index contributed by atoms with van der Waals surface area (Å²) in [5, 5.41) is 0. The highest BCUT2D eigenvalue weighted by molar-refractivity contribution is 5.21. The van der Waals surface area contributed by atoms with E-state index >= 15 is 0 Å². The van der Waals surface area contributed by atoms with Crippen LogP contribution in [-0.4, -0.2) is 6.18 Å². The molecule has 1 aliphatic rings. The average molecular weight is 232 g/mol. The lowest BCUT2D eigenvalue weighted by Crippen LogP contribution is -2.19. The molecule has 0 amide bonds. The Morgan fingerprint density at radius 3 is 2.44 bits per heavy atom. The summed E-state index contributed by atoms with van der Waals surface area (Å²) in [6.45, 7) is 0. The Kier molecular flexibility index (Phi) is 2.91. The predicted octanol–water partition coefficient (Wildman–Crippen LogP) is 4.27. The number of halogens is 4. The minimum absolute atomic E-state index is 0.0902. The summed E-state index contributed by atoms with van der Waals surface area (Å²) >= 11 is 0. The van der Waals surface area contributed by atoms with Crippen molar-refractivity contribution in [1.29, 1.82) is 0 Å². The summed E-state index contributed by atoms with van der Waals surface area (Å²) in [6, 6.07) is 5.89. The molecule has 0 heterocycles. The third-order valence-electron chi connectivity index (χ3n) is 3.22. The molecule has 4 heteroatoms. The van der Waals surface area contributed by atoms with Gasteiger partial charge in [0.1, 0.15) is 5.82 Å². The smallest absolute Gasteiger partial charge is 0.207 e. The molecular weight excluding hydrogens is 220 g/mol. The monoisotopic (exact) mass is 232 g/mol. The number of hydrogen-bond acceptors (Lipinski definition) is 0. The molecule has 0 aliphatic heterocycles. The molecule has 0 saturated heterocycles. The van der Waals surface area contributed by atoms with Gasteiger partial charge in [-0.25, -0.2) is 4.39 Å². The number of rotatable bonds is 1. The van der Waals surface area contributed by atoms with E-state index in [1.54, 1.807) is 12.1 Å². The molecule has 1 fully saturated rings. The van der Waals surface area contributed by atoms with E-state index in [1.165, 1.54) is 12.1 Å². The van der Waals surface area contributed by atoms with Gasteiger partial charge in [0.05, 0.1) is 5.92 Å². The number of hydrogen-bond donors (Lipinski definition) is 0. The standard InChI is InChI=1S/C12H12F4/c13-11-3-1-2-8(7-11)9-4-5-10(6-9)12(14,15)16/h1-3,7,9-10H,4-6H2/t9-,10+/m1/s1. The second-order valence-corrected chi connectivity index (χ2v) is 4.30. The Morgan fingerprint density at radius 2 is 1.88 bits per heavy atom. The second kappa shape index (κ2) is 4.07. The van der Waals surface area contributed by atoms with Gasteiger partial charge in [-0.3, -0.25) is 0 Å². The molecule has 88 valence electrons. The molecule has 1 aromatic rings. The zero-order valence-corrected chi connectivity index (χ0v) is 8.60. The van der Waals surface area contributed by atoms with Gasteiger partial charge < -0.3 is 0 Å². The van der Waals surface area contributed by atoms with Crippen molar-refractivity contribution in [3.63, 3.8) is 0 Å². The van der Waals surface area contributed by atoms with Crippen molar-refractivity contribution in [3.05, 3.63) is 35.6 Å². The van der Waals surface area contributed by atoms with Crippen LogP contribution in [0.15, 0.2) is 24.3 Å². The summed E-state index contributed by atoms with van der Waals surface area (Å²) in [6.07, 6.45) is -3.37. The maximum atomic E-state index is 12.9. The van der Waals surface area contributed by atoms with Crippen LogP contribution in [0, 0.1) is 11.7 Å². The largest absolute Gasteiger partial charge is 0.391 e. The minimum Gasteiger partial charge on any atom is -0.207 e. The fourth-order valence-electron chi connectivity index (χ4n) is 2.34. The Bertz CT molecular complexity index is 370. The maximum Gasteiger partial charge on any atom is 0.391 e. The van der Waals surface area contributed by atoms with Crippen molar-refractivity contribution in [2.75, 3.05) is 0 Å². The van der Waals surface area contributed by atoms with E-state index in [-0.39, 0.29) is 24.6 Å². The van der Waals surface area contributed by atoms with E-state index in [0.29, 0.717) is 12.0 Å². The fraction of sp³-hybridized carbons (Fsp3) is 0.500. The number of alkyl halides is 3. The van der Waals surface area contributed by atoms with Crippen molar-refractivity contribution in [2.24, 2.45) is 5.92 Å². The van der Waals surface area contributed by atoms with E-state index in [9.17, 15) is 17.6 Å². The third kappa shape index (κ3) is 2.36. The van der Waals surface area contributed by atoms with Gasteiger partial charge in [0, 0.05) is 0 Å². The third-order valence-corrected chi connectivity index (χ3v) is 3.22. The molecule has 0 bridgehead atoms. The highest BCUT2D eigenvalue weighted by Gasteiger charge is 2.44. The first-order valence-corrected chi connectivity index (χ1v) is 5.29. The molecule has 0 aromatic heterocycles. The van der Waals surface area contributed by atoms with Gasteiger partial charge in [0.25, 0.3) is 0 Å². The summed E-state index contributed by atoms with van der Waals surface area (Å²) < 4.78 is 50.3. The second-order valence-electron chi connectivity index (χ2n) is 4.30. The summed E-state index contributed by atoms with van der Waals surface area (Å²) in [5.41, 5.74) is 0.687. The molecule has 16 heavy (non-hydrogen) atoms. The molecule has 0 unspecified atom stereocenters. The molecular formula is C12H12F4. The lowest BCUT2D eigenvalue weighted by molar-refractivity contribution is -0.172. The van der Waals surface area contributed by atoms with Gasteiger partial charge in [-0.2, -0.15) is 13.2 Å². The molecule has 0 spiro atoms. The van der Waals surface area contributed by atoms with Crippen molar-refractivity contribution >= 4 is 0 Å². The molecule has 0 N–H and O–H groups in total. The zero-order valence-electron chi connectivity index (χ0n) is 8.60. The van der Waals surface area contributed by atoms with Crippen LogP contribution in [0.4, 0.5) is 17.6 Å². The first-order chi connectivity index (χ1) is 7.47. The van der Waals surface area contributed by atoms with Crippen molar-refractivity contribution in [3.8, 4) is 0 Å². The van der Waals surface area contributed by atoms with Crippen LogP contribution in [0.1, 0.15) is 30.7 Å². The normalized spacial score (nSPS) is 26.0. The Morgan fingerprint density at radius 1 is 1.12 bits per heavy atom. The highest BCUT2D eigenvalue weighted by Crippen LogP contribution is 2.45. The van der Waals surface area contributed by atoms with Crippen LogP contribution >= 0.6 is 0 Å². The molecule has 1 saturated carbocycles. The SMILES string of the molecule is Fc1cccc([C@@H]2CC[C@H](C(F)(F)F)C2)c1. The van der Waals surface area contributed by atoms with Crippen LogP contribution in [0.3, 0.4) is 0 Å². The zero-order chi connectivity index (χ0) is 11.8. The van der Waals surface area contributed by atoms with E-state index in [4.69, 9.17) is 0 Å². The Balaban J connectivity index is 2.09. The van der Waals surface area contributed by atoms with Gasteiger partial charge in [0.15, 0.2) is 0 Å². The average Bonchev–Trinajstić information content (AvgIpc) is 2.65. The van der Waals surface area contributed by atoms with Gasteiger partial charge in [-0.15, -0.1) is 0 Å². The van der Waals surface area contributed by atoms with Gasteiger partial charge in [0.2, 0.25) is 0 Å². The lowest BCUT2D eigenvalue weighted by Gasteiger charge is -2.14. The fourth-order valence-corrected chi connectivity index (χ4v) is 2.34. The summed E-state index contributed by atoms with van der Waals surface area (Å²) in [7, 11) is 0. The van der Waals surface area contributed by atoms with Crippen LogP contribution < -0.4 is 0 Å². The molecule has 2 rings (SSSR count). The van der Waals surface area contributed by atoms with Crippen LogP contribution in [0.5, 0.6) is 0 Å². The van der Waals surface area contributed by atoms with E-state index in [2.05, 4.69) is 0 Å². The minimum atomic E-state index is -4.11. The van der Waals surface area contributed by atoms with Gasteiger partial charge >= 0.3 is 6.18 Å². The van der Waals surface area contributed by atoms with Crippen molar-refractivity contribution in [1.82, 2.24) is 0 Å². The molecule has 0 nitrogen and oxygen atoms in total. The van der Waals surface area contributed by atoms with Crippen molar-refractivity contribution < 1.29 is 17.6 Å². The van der Waals surface area contributed by atoms with Crippen LogP contribution in [-0.2, 0) is 0 Å². The van der Waals surface area contributed by atoms with Crippen molar-refractivity contribution in [2.45, 2.75) is 31.4 Å². The van der Waals surface area contributed by atoms with Crippen LogP contribution in [0.2, 0.25) is 0 Å². The quantitative estimate of drug-likeness (QED) is 0.634. The Labute approximate surface area is 91.3 Å². The maximum absolute atomic E-state index is 12.9. The Hall–Kier alpha value is -1.06. The first kappa shape index (κ1) is 11.4. The molecule has 1 aliphatic carbocycles. The molecule has 2 atom stereocenters. The number of benzene rings is 1.